The van der Waals surface area contributed by atoms with Crippen molar-refractivity contribution < 1.29 is 14.4 Å². The van der Waals surface area contributed by atoms with Crippen LogP contribution in [0.4, 0.5) is 11.4 Å². The number of carbonyl (C=O) groups is 3. The average Bonchev–Trinajstić information content (AvgIpc) is 3.47. The van der Waals surface area contributed by atoms with Gasteiger partial charge in [0.05, 0.1) is 12.5 Å². The van der Waals surface area contributed by atoms with E-state index in [1.54, 1.807) is 48.5 Å². The fourth-order valence-corrected chi connectivity index (χ4v) is 2.98. The first kappa shape index (κ1) is 19.9. The summed E-state index contributed by atoms with van der Waals surface area (Å²) in [5.41, 5.74) is 2.02. The molecule has 1 atom stereocenters. The SMILES string of the molecule is CC(=O)NC(CC(=O)Nc1cccc(NC(=O)C2CC2)c1)c1ccc(Cl)cc1. The van der Waals surface area contributed by atoms with Gasteiger partial charge < -0.3 is 16.0 Å². The van der Waals surface area contributed by atoms with Crippen molar-refractivity contribution >= 4 is 40.7 Å². The van der Waals surface area contributed by atoms with Crippen molar-refractivity contribution in [3.05, 3.63) is 59.1 Å². The van der Waals surface area contributed by atoms with E-state index >= 15 is 0 Å². The third kappa shape index (κ3) is 5.82. The molecule has 6 nitrogen and oxygen atoms in total. The summed E-state index contributed by atoms with van der Waals surface area (Å²) in [5.74, 6) is -0.357. The maximum Gasteiger partial charge on any atom is 0.227 e. The molecular formula is C21H22ClN3O3. The molecule has 0 bridgehead atoms. The minimum absolute atomic E-state index is 0.0111. The molecule has 0 saturated heterocycles. The Morgan fingerprint density at radius 1 is 1.04 bits per heavy atom. The van der Waals surface area contributed by atoms with Crippen LogP contribution >= 0.6 is 11.6 Å². The highest BCUT2D eigenvalue weighted by molar-refractivity contribution is 6.30. The predicted molar refractivity (Wildman–Crippen MR) is 109 cm³/mol. The quantitative estimate of drug-likeness (QED) is 0.660. The lowest BCUT2D eigenvalue weighted by atomic mass is 10.0. The Labute approximate surface area is 168 Å². The fourth-order valence-electron chi connectivity index (χ4n) is 2.85. The Morgan fingerprint density at radius 3 is 2.29 bits per heavy atom. The van der Waals surface area contributed by atoms with Crippen LogP contribution < -0.4 is 16.0 Å². The zero-order chi connectivity index (χ0) is 20.1. The first-order chi connectivity index (χ1) is 13.4. The van der Waals surface area contributed by atoms with Crippen LogP contribution in [0.1, 0.15) is 37.8 Å². The Kier molecular flexibility index (Phi) is 6.31. The second kappa shape index (κ2) is 8.89. The largest absolute Gasteiger partial charge is 0.349 e. The second-order valence-corrected chi connectivity index (χ2v) is 7.34. The first-order valence-electron chi connectivity index (χ1n) is 9.14. The molecule has 7 heteroatoms. The Hall–Kier alpha value is -2.86. The Morgan fingerprint density at radius 2 is 1.68 bits per heavy atom. The van der Waals surface area contributed by atoms with Crippen LogP contribution in [-0.4, -0.2) is 17.7 Å². The summed E-state index contributed by atoms with van der Waals surface area (Å²) in [4.78, 5) is 35.9. The lowest BCUT2D eigenvalue weighted by Gasteiger charge is -2.18. The molecule has 2 aromatic carbocycles. The molecule has 28 heavy (non-hydrogen) atoms. The van der Waals surface area contributed by atoms with E-state index in [1.165, 1.54) is 6.92 Å². The third-order valence-corrected chi connectivity index (χ3v) is 4.65. The van der Waals surface area contributed by atoms with Gasteiger partial charge in [0.1, 0.15) is 0 Å². The van der Waals surface area contributed by atoms with Crippen LogP contribution in [0.5, 0.6) is 0 Å². The summed E-state index contributed by atoms with van der Waals surface area (Å²) in [6.07, 6.45) is 1.93. The van der Waals surface area contributed by atoms with Crippen LogP contribution in [0.3, 0.4) is 0 Å². The van der Waals surface area contributed by atoms with Gasteiger partial charge in [0.2, 0.25) is 17.7 Å². The smallest absolute Gasteiger partial charge is 0.227 e. The highest BCUT2D eigenvalue weighted by atomic mass is 35.5. The lowest BCUT2D eigenvalue weighted by Crippen LogP contribution is -2.29. The van der Waals surface area contributed by atoms with Crippen LogP contribution in [-0.2, 0) is 14.4 Å². The summed E-state index contributed by atoms with van der Waals surface area (Å²) in [5, 5.41) is 9.05. The Balaban J connectivity index is 1.64. The minimum Gasteiger partial charge on any atom is -0.349 e. The molecule has 3 amide bonds. The normalized spacial score (nSPS) is 14.1. The predicted octanol–water partition coefficient (Wildman–Crippen LogP) is 3.89. The molecule has 0 aromatic heterocycles. The van der Waals surface area contributed by atoms with Gasteiger partial charge in [-0.15, -0.1) is 0 Å². The van der Waals surface area contributed by atoms with Gasteiger partial charge in [0, 0.05) is 29.2 Å². The number of carbonyl (C=O) groups excluding carboxylic acids is 3. The van der Waals surface area contributed by atoms with Crippen molar-refractivity contribution in [1.82, 2.24) is 5.32 Å². The van der Waals surface area contributed by atoms with Crippen LogP contribution in [0.15, 0.2) is 48.5 Å². The number of anilines is 2. The van der Waals surface area contributed by atoms with E-state index in [4.69, 9.17) is 11.6 Å². The van der Waals surface area contributed by atoms with E-state index in [-0.39, 0.29) is 30.1 Å². The van der Waals surface area contributed by atoms with E-state index in [0.717, 1.165) is 18.4 Å². The van der Waals surface area contributed by atoms with Crippen molar-refractivity contribution in [2.24, 2.45) is 5.92 Å². The third-order valence-electron chi connectivity index (χ3n) is 4.40. The van der Waals surface area contributed by atoms with Gasteiger partial charge in [0.15, 0.2) is 0 Å². The molecule has 1 fully saturated rings. The van der Waals surface area contributed by atoms with Crippen LogP contribution in [0.2, 0.25) is 5.02 Å². The number of amides is 3. The molecule has 1 aliphatic rings. The number of nitrogens with one attached hydrogen (secondary N) is 3. The molecule has 3 N–H and O–H groups in total. The fraction of sp³-hybridized carbons (Fsp3) is 0.286. The van der Waals surface area contributed by atoms with Crippen LogP contribution in [0.25, 0.3) is 0 Å². The number of halogens is 1. The molecule has 146 valence electrons. The number of hydrogen-bond donors (Lipinski definition) is 3. The summed E-state index contributed by atoms with van der Waals surface area (Å²) in [7, 11) is 0. The van der Waals surface area contributed by atoms with E-state index in [1.807, 2.05) is 0 Å². The van der Waals surface area contributed by atoms with E-state index < -0.39 is 6.04 Å². The molecule has 2 aromatic rings. The van der Waals surface area contributed by atoms with E-state index in [9.17, 15) is 14.4 Å². The summed E-state index contributed by atoms with van der Waals surface area (Å²) in [6, 6.07) is 13.5. The molecular weight excluding hydrogens is 378 g/mol. The van der Waals surface area contributed by atoms with Crippen molar-refractivity contribution in [2.75, 3.05) is 10.6 Å². The van der Waals surface area contributed by atoms with Gasteiger partial charge in [-0.05, 0) is 48.7 Å². The van der Waals surface area contributed by atoms with Gasteiger partial charge in [-0.2, -0.15) is 0 Å². The Bertz CT molecular complexity index is 879. The highest BCUT2D eigenvalue weighted by Crippen LogP contribution is 2.30. The summed E-state index contributed by atoms with van der Waals surface area (Å²) >= 11 is 5.91. The number of hydrogen-bond acceptors (Lipinski definition) is 3. The minimum atomic E-state index is -0.465. The summed E-state index contributed by atoms with van der Waals surface area (Å²) in [6.45, 7) is 1.41. The van der Waals surface area contributed by atoms with Gasteiger partial charge in [-0.1, -0.05) is 29.8 Å². The zero-order valence-corrected chi connectivity index (χ0v) is 16.3. The molecule has 1 aliphatic carbocycles. The molecule has 0 spiro atoms. The maximum atomic E-state index is 12.5. The number of benzene rings is 2. The molecule has 0 heterocycles. The zero-order valence-electron chi connectivity index (χ0n) is 15.5. The topological polar surface area (TPSA) is 87.3 Å². The molecule has 3 rings (SSSR count). The summed E-state index contributed by atoms with van der Waals surface area (Å²) < 4.78 is 0. The standard InChI is InChI=1S/C21H22ClN3O3/c1-13(26)23-19(14-7-9-16(22)10-8-14)12-20(27)24-17-3-2-4-18(11-17)25-21(28)15-5-6-15/h2-4,7-11,15,19H,5-6,12H2,1H3,(H,23,26)(H,24,27)(H,25,28). The van der Waals surface area contributed by atoms with Crippen molar-refractivity contribution in [3.63, 3.8) is 0 Å². The molecule has 1 saturated carbocycles. The van der Waals surface area contributed by atoms with Crippen LogP contribution in [0, 0.1) is 5.92 Å². The lowest BCUT2D eigenvalue weighted by molar-refractivity contribution is -0.120. The van der Waals surface area contributed by atoms with E-state index in [2.05, 4.69) is 16.0 Å². The molecule has 1 unspecified atom stereocenters. The van der Waals surface area contributed by atoms with Crippen molar-refractivity contribution in [2.45, 2.75) is 32.2 Å². The van der Waals surface area contributed by atoms with E-state index in [0.29, 0.717) is 16.4 Å². The monoisotopic (exact) mass is 399 g/mol. The second-order valence-electron chi connectivity index (χ2n) is 6.90. The average molecular weight is 400 g/mol. The molecule has 0 aliphatic heterocycles. The molecule has 0 radical (unpaired) electrons. The van der Waals surface area contributed by atoms with Gasteiger partial charge in [-0.25, -0.2) is 0 Å². The van der Waals surface area contributed by atoms with Crippen molar-refractivity contribution in [1.29, 1.82) is 0 Å². The van der Waals surface area contributed by atoms with Gasteiger partial charge >= 0.3 is 0 Å². The van der Waals surface area contributed by atoms with Gasteiger partial charge in [-0.3, -0.25) is 14.4 Å². The van der Waals surface area contributed by atoms with Crippen molar-refractivity contribution in [3.8, 4) is 0 Å². The van der Waals surface area contributed by atoms with Gasteiger partial charge in [0.25, 0.3) is 0 Å². The maximum absolute atomic E-state index is 12.5. The highest BCUT2D eigenvalue weighted by Gasteiger charge is 2.29. The first-order valence-corrected chi connectivity index (χ1v) is 9.52. The number of rotatable bonds is 7.